The average molecular weight is 557 g/mol. The Morgan fingerprint density at radius 3 is 1.66 bits per heavy atom. The molecule has 1 aliphatic rings. The lowest BCUT2D eigenvalue weighted by Gasteiger charge is -2.49. The largest absolute Gasteiger partial charge is 0.396 e. The number of aliphatic hydroxyl groups excluding tert-OH is 1. The van der Waals surface area contributed by atoms with E-state index in [-0.39, 0.29) is 30.5 Å². The number of nitrogen functional groups attached to an aromatic ring is 2. The maximum atomic E-state index is 14.4. The van der Waals surface area contributed by atoms with Crippen LogP contribution < -0.4 is 11.5 Å². The normalized spacial score (nSPS) is 19.0. The Balaban J connectivity index is 1.52. The van der Waals surface area contributed by atoms with Gasteiger partial charge in [0.1, 0.15) is 11.6 Å². The highest BCUT2D eigenvalue weighted by Crippen LogP contribution is 2.31. The molecule has 0 spiro atoms. The topological polar surface area (TPSA) is 95.8 Å². The Hall–Kier alpha value is -4.43. The summed E-state index contributed by atoms with van der Waals surface area (Å²) < 4.78 is 28.8. The van der Waals surface area contributed by atoms with E-state index in [2.05, 4.69) is 0 Å². The number of carbonyl (C=O) groups excluding carboxylic acids is 1. The van der Waals surface area contributed by atoms with Crippen LogP contribution in [0.15, 0.2) is 97.1 Å². The number of carbonyl (C=O) groups is 1. The van der Waals surface area contributed by atoms with E-state index < -0.39 is 29.8 Å². The number of urea groups is 1. The van der Waals surface area contributed by atoms with Crippen LogP contribution in [-0.4, -0.2) is 39.1 Å². The number of hydrogen-bond donors (Lipinski definition) is 3. The Morgan fingerprint density at radius 1 is 0.659 bits per heavy atom. The first kappa shape index (κ1) is 28.1. The van der Waals surface area contributed by atoms with Crippen molar-refractivity contribution in [2.24, 2.45) is 0 Å². The Labute approximate surface area is 238 Å². The summed E-state index contributed by atoms with van der Waals surface area (Å²) in [4.78, 5) is 17.5. The minimum atomic E-state index is -0.936. The van der Waals surface area contributed by atoms with Gasteiger partial charge in [-0.1, -0.05) is 72.8 Å². The highest BCUT2D eigenvalue weighted by Gasteiger charge is 2.45. The number of aliphatic hydroxyl groups is 1. The van der Waals surface area contributed by atoms with E-state index in [1.807, 2.05) is 60.7 Å². The number of aryl methyl sites for hydroxylation is 1. The van der Waals surface area contributed by atoms with Crippen molar-refractivity contribution in [2.75, 3.05) is 11.5 Å². The number of nitrogens with two attached hydrogens (primary N) is 2. The van der Waals surface area contributed by atoms with E-state index in [0.717, 1.165) is 11.1 Å². The first-order chi connectivity index (χ1) is 19.8. The van der Waals surface area contributed by atoms with Crippen molar-refractivity contribution in [3.05, 3.63) is 131 Å². The molecule has 212 valence electrons. The molecule has 5 rings (SSSR count). The SMILES string of the molecule is Nc1ccc(CN2C(=O)N(Cc3ccc(N)c(F)c3)[C@H](Cc3ccccc3)[C@H](O)[C@H]2CCc2ccccc2)cc1F. The number of nitrogens with zero attached hydrogens (tertiary/aromatic N) is 2. The molecule has 3 atom stereocenters. The maximum Gasteiger partial charge on any atom is 0.321 e. The lowest BCUT2D eigenvalue weighted by Crippen LogP contribution is -2.66. The third kappa shape index (κ3) is 6.49. The monoisotopic (exact) mass is 556 g/mol. The number of benzene rings is 4. The number of amides is 2. The Kier molecular flexibility index (Phi) is 8.50. The van der Waals surface area contributed by atoms with Crippen molar-refractivity contribution < 1.29 is 18.7 Å². The van der Waals surface area contributed by atoms with Crippen molar-refractivity contribution in [1.82, 2.24) is 9.80 Å². The molecule has 6 nitrogen and oxygen atoms in total. The summed E-state index contributed by atoms with van der Waals surface area (Å²) in [6, 6.07) is 27.1. The van der Waals surface area contributed by atoms with E-state index in [9.17, 15) is 18.7 Å². The van der Waals surface area contributed by atoms with Crippen LogP contribution >= 0.6 is 0 Å². The van der Waals surface area contributed by atoms with Crippen LogP contribution in [0, 0.1) is 11.6 Å². The number of halogens is 2. The standard InChI is InChI=1S/C33H34F2N4O2/c34-26-17-24(11-14-28(26)36)20-38-30(16-13-22-7-3-1-4-8-22)32(40)31(19-23-9-5-2-6-10-23)39(33(38)41)21-25-12-15-29(37)27(35)18-25/h1-12,14-15,17-18,30-32,40H,13,16,19-21,36-37H2/t30-,31-,32-/m1/s1. The van der Waals surface area contributed by atoms with E-state index in [4.69, 9.17) is 11.5 Å². The van der Waals surface area contributed by atoms with Gasteiger partial charge in [-0.15, -0.1) is 0 Å². The molecule has 0 aliphatic carbocycles. The molecular formula is C33H34F2N4O2. The second-order valence-electron chi connectivity index (χ2n) is 10.6. The van der Waals surface area contributed by atoms with Crippen molar-refractivity contribution in [2.45, 2.75) is 50.5 Å². The molecular weight excluding hydrogens is 522 g/mol. The fourth-order valence-corrected chi connectivity index (χ4v) is 5.55. The predicted molar refractivity (Wildman–Crippen MR) is 157 cm³/mol. The molecule has 0 aromatic heterocycles. The highest BCUT2D eigenvalue weighted by atomic mass is 19.1. The third-order valence-electron chi connectivity index (χ3n) is 7.78. The van der Waals surface area contributed by atoms with Crippen LogP contribution in [0.2, 0.25) is 0 Å². The fraction of sp³-hybridized carbons (Fsp3) is 0.242. The summed E-state index contributed by atoms with van der Waals surface area (Å²) in [5, 5.41) is 12.0. The lowest BCUT2D eigenvalue weighted by molar-refractivity contribution is -0.0453. The summed E-state index contributed by atoms with van der Waals surface area (Å²) >= 11 is 0. The zero-order valence-electron chi connectivity index (χ0n) is 22.7. The van der Waals surface area contributed by atoms with Gasteiger partial charge in [-0.25, -0.2) is 13.6 Å². The van der Waals surface area contributed by atoms with E-state index in [1.54, 1.807) is 21.9 Å². The molecule has 4 aromatic rings. The van der Waals surface area contributed by atoms with Gasteiger partial charge in [-0.05, 0) is 65.8 Å². The van der Waals surface area contributed by atoms with Crippen LogP contribution in [0.1, 0.15) is 28.7 Å². The molecule has 8 heteroatoms. The van der Waals surface area contributed by atoms with Gasteiger partial charge in [0.2, 0.25) is 0 Å². The molecule has 0 bridgehead atoms. The molecule has 5 N–H and O–H groups in total. The van der Waals surface area contributed by atoms with Crippen molar-refractivity contribution in [3.63, 3.8) is 0 Å². The average Bonchev–Trinajstić information content (AvgIpc) is 2.98. The van der Waals surface area contributed by atoms with Crippen LogP contribution in [0.5, 0.6) is 0 Å². The zero-order chi connectivity index (χ0) is 28.9. The lowest BCUT2D eigenvalue weighted by atomic mass is 9.88. The molecule has 2 amide bonds. The van der Waals surface area contributed by atoms with Gasteiger partial charge in [0.15, 0.2) is 0 Å². The summed E-state index contributed by atoms with van der Waals surface area (Å²) in [6.07, 6.45) is 0.624. The quantitative estimate of drug-likeness (QED) is 0.236. The smallest absolute Gasteiger partial charge is 0.321 e. The van der Waals surface area contributed by atoms with Crippen LogP contribution in [0.4, 0.5) is 25.0 Å². The molecule has 1 fully saturated rings. The summed E-state index contributed by atoms with van der Waals surface area (Å²) in [6.45, 7) is 0.153. The molecule has 41 heavy (non-hydrogen) atoms. The highest BCUT2D eigenvalue weighted by molar-refractivity contribution is 5.77. The zero-order valence-corrected chi connectivity index (χ0v) is 22.7. The first-order valence-electron chi connectivity index (χ1n) is 13.7. The summed E-state index contributed by atoms with van der Waals surface area (Å²) in [5.74, 6) is -1.13. The maximum absolute atomic E-state index is 14.4. The molecule has 1 saturated heterocycles. The van der Waals surface area contributed by atoms with Crippen LogP contribution in [0.3, 0.4) is 0 Å². The number of rotatable bonds is 9. The van der Waals surface area contributed by atoms with E-state index in [1.165, 1.54) is 24.3 Å². The Bertz CT molecular complexity index is 1490. The predicted octanol–water partition coefficient (Wildman–Crippen LogP) is 5.54. The van der Waals surface area contributed by atoms with Gasteiger partial charge >= 0.3 is 6.03 Å². The Morgan fingerprint density at radius 2 is 1.15 bits per heavy atom. The molecule has 1 heterocycles. The van der Waals surface area contributed by atoms with Gasteiger partial charge in [-0.2, -0.15) is 0 Å². The van der Waals surface area contributed by atoms with E-state index in [0.29, 0.717) is 30.4 Å². The van der Waals surface area contributed by atoms with Gasteiger partial charge in [0.25, 0.3) is 0 Å². The molecule has 0 radical (unpaired) electrons. The van der Waals surface area contributed by atoms with E-state index >= 15 is 0 Å². The van der Waals surface area contributed by atoms with Gasteiger partial charge in [-0.3, -0.25) is 0 Å². The molecule has 0 saturated carbocycles. The summed E-state index contributed by atoms with van der Waals surface area (Å²) in [5.41, 5.74) is 14.6. The minimum Gasteiger partial charge on any atom is -0.396 e. The second kappa shape index (κ2) is 12.4. The van der Waals surface area contributed by atoms with Crippen LogP contribution in [0.25, 0.3) is 0 Å². The molecule has 0 unspecified atom stereocenters. The molecule has 1 aliphatic heterocycles. The summed E-state index contributed by atoms with van der Waals surface area (Å²) in [7, 11) is 0. The second-order valence-corrected chi connectivity index (χ2v) is 10.6. The molecule has 4 aromatic carbocycles. The van der Waals surface area contributed by atoms with Gasteiger partial charge in [0, 0.05) is 13.1 Å². The minimum absolute atomic E-state index is 0.0209. The number of hydrogen-bond acceptors (Lipinski definition) is 4. The van der Waals surface area contributed by atoms with Crippen molar-refractivity contribution in [3.8, 4) is 0 Å². The van der Waals surface area contributed by atoms with Gasteiger partial charge in [0.05, 0.1) is 29.6 Å². The van der Waals surface area contributed by atoms with Gasteiger partial charge < -0.3 is 26.4 Å². The fourth-order valence-electron chi connectivity index (χ4n) is 5.55. The van der Waals surface area contributed by atoms with Crippen LogP contribution in [-0.2, 0) is 25.9 Å². The van der Waals surface area contributed by atoms with Crippen molar-refractivity contribution >= 4 is 17.4 Å². The first-order valence-corrected chi connectivity index (χ1v) is 13.7. The number of anilines is 2. The third-order valence-corrected chi connectivity index (χ3v) is 7.78. The van der Waals surface area contributed by atoms with Crippen molar-refractivity contribution in [1.29, 1.82) is 0 Å².